The number of hydrogen-bond acceptors (Lipinski definition) is 2. The van der Waals surface area contributed by atoms with E-state index in [9.17, 15) is 18.0 Å². The predicted molar refractivity (Wildman–Crippen MR) is 57.9 cm³/mol. The maximum Gasteiger partial charge on any atom is 0.455 e. The molecule has 0 aromatic heterocycles. The number of rotatable bonds is 2. The van der Waals surface area contributed by atoms with E-state index in [4.69, 9.17) is 16.3 Å². The summed E-state index contributed by atoms with van der Waals surface area (Å²) in [4.78, 5) is 11.3. The van der Waals surface area contributed by atoms with Crippen molar-refractivity contribution in [2.45, 2.75) is 20.0 Å². The molecule has 0 aliphatic heterocycles. The van der Waals surface area contributed by atoms with Crippen molar-refractivity contribution in [1.29, 1.82) is 0 Å². The Morgan fingerprint density at radius 3 is 2.29 bits per heavy atom. The molecule has 0 atom stereocenters. The molecule has 0 saturated carbocycles. The van der Waals surface area contributed by atoms with Crippen LogP contribution in [0.5, 0.6) is 5.75 Å². The maximum atomic E-state index is 12.4. The number of halogens is 4. The molecule has 0 saturated heterocycles. The number of carbonyl (C=O) groups is 1. The molecule has 0 fully saturated rings. The van der Waals surface area contributed by atoms with Gasteiger partial charge < -0.3 is 4.74 Å². The van der Waals surface area contributed by atoms with Crippen molar-refractivity contribution in [3.8, 4) is 5.75 Å². The monoisotopic (exact) mass is 266 g/mol. The topological polar surface area (TPSA) is 26.3 Å². The minimum Gasteiger partial charge on any atom is -0.496 e. The molecule has 0 aliphatic rings. The lowest BCUT2D eigenvalue weighted by Crippen LogP contribution is -2.24. The minimum atomic E-state index is -4.95. The summed E-state index contributed by atoms with van der Waals surface area (Å²) in [5.74, 6) is -2.07. The summed E-state index contributed by atoms with van der Waals surface area (Å²) in [5, 5.41) is 0.137. The second-order valence-corrected chi connectivity index (χ2v) is 3.91. The summed E-state index contributed by atoms with van der Waals surface area (Å²) in [6, 6.07) is 1.31. The highest BCUT2D eigenvalue weighted by Crippen LogP contribution is 2.35. The van der Waals surface area contributed by atoms with Gasteiger partial charge in [0.15, 0.2) is 0 Å². The van der Waals surface area contributed by atoms with E-state index < -0.39 is 17.5 Å². The first kappa shape index (κ1) is 13.8. The summed E-state index contributed by atoms with van der Waals surface area (Å²) in [6.07, 6.45) is -4.95. The standard InChI is InChI=1S/C11H10ClF3O2/c1-5-4-7(17-3)8(6(2)9(5)12)10(16)11(13,14)15/h4H,1-3H3. The Bertz CT molecular complexity index is 467. The molecular weight excluding hydrogens is 257 g/mol. The van der Waals surface area contributed by atoms with Crippen LogP contribution >= 0.6 is 11.6 Å². The Balaban J connectivity index is 3.52. The van der Waals surface area contributed by atoms with Gasteiger partial charge in [-0.3, -0.25) is 4.79 Å². The molecule has 0 bridgehead atoms. The zero-order valence-corrected chi connectivity index (χ0v) is 10.2. The van der Waals surface area contributed by atoms with Crippen LogP contribution in [0.2, 0.25) is 5.02 Å². The Kier molecular flexibility index (Phi) is 3.71. The zero-order chi connectivity index (χ0) is 13.4. The Hall–Kier alpha value is -1.23. The van der Waals surface area contributed by atoms with Crippen molar-refractivity contribution in [3.05, 3.63) is 27.8 Å². The van der Waals surface area contributed by atoms with Crippen LogP contribution in [-0.4, -0.2) is 19.1 Å². The van der Waals surface area contributed by atoms with E-state index in [1.54, 1.807) is 6.92 Å². The Morgan fingerprint density at radius 2 is 1.88 bits per heavy atom. The summed E-state index contributed by atoms with van der Waals surface area (Å²) in [6.45, 7) is 2.98. The molecule has 0 spiro atoms. The van der Waals surface area contributed by atoms with Crippen LogP contribution < -0.4 is 4.74 Å². The van der Waals surface area contributed by atoms with Gasteiger partial charge in [-0.1, -0.05) is 11.6 Å². The second kappa shape index (κ2) is 4.56. The van der Waals surface area contributed by atoms with E-state index in [0.717, 1.165) is 0 Å². The Morgan fingerprint density at radius 1 is 1.35 bits per heavy atom. The van der Waals surface area contributed by atoms with Crippen molar-refractivity contribution in [2.75, 3.05) is 7.11 Å². The van der Waals surface area contributed by atoms with Crippen LogP contribution in [0.15, 0.2) is 6.07 Å². The van der Waals surface area contributed by atoms with Gasteiger partial charge in [0.2, 0.25) is 0 Å². The van der Waals surface area contributed by atoms with Crippen LogP contribution in [0.3, 0.4) is 0 Å². The zero-order valence-electron chi connectivity index (χ0n) is 9.41. The molecule has 0 heterocycles. The predicted octanol–water partition coefficient (Wildman–Crippen LogP) is 3.71. The number of benzene rings is 1. The van der Waals surface area contributed by atoms with Gasteiger partial charge in [0.25, 0.3) is 5.78 Å². The molecule has 0 radical (unpaired) electrons. The van der Waals surface area contributed by atoms with Gasteiger partial charge in [0, 0.05) is 5.02 Å². The average molecular weight is 267 g/mol. The van der Waals surface area contributed by atoms with E-state index in [1.807, 2.05) is 0 Å². The van der Waals surface area contributed by atoms with E-state index in [2.05, 4.69) is 0 Å². The molecule has 1 aromatic carbocycles. The fourth-order valence-corrected chi connectivity index (χ4v) is 1.66. The molecule has 2 nitrogen and oxygen atoms in total. The number of ketones is 1. The highest BCUT2D eigenvalue weighted by Gasteiger charge is 2.42. The molecule has 0 unspecified atom stereocenters. The highest BCUT2D eigenvalue weighted by atomic mass is 35.5. The van der Waals surface area contributed by atoms with Gasteiger partial charge >= 0.3 is 6.18 Å². The van der Waals surface area contributed by atoms with Crippen LogP contribution in [0.25, 0.3) is 0 Å². The maximum absolute atomic E-state index is 12.4. The number of carbonyl (C=O) groups excluding carboxylic acids is 1. The fraction of sp³-hybridized carbons (Fsp3) is 0.364. The lowest BCUT2D eigenvalue weighted by atomic mass is 10.00. The fourth-order valence-electron chi connectivity index (χ4n) is 1.51. The van der Waals surface area contributed by atoms with E-state index in [-0.39, 0.29) is 16.3 Å². The first-order valence-electron chi connectivity index (χ1n) is 4.65. The number of Topliss-reactive ketones (excluding diaryl/α,β-unsaturated/α-hetero) is 1. The first-order valence-corrected chi connectivity index (χ1v) is 5.03. The molecule has 94 valence electrons. The summed E-state index contributed by atoms with van der Waals surface area (Å²) < 4.78 is 42.0. The van der Waals surface area contributed by atoms with Gasteiger partial charge in [-0.2, -0.15) is 13.2 Å². The summed E-state index contributed by atoms with van der Waals surface area (Å²) >= 11 is 5.83. The number of methoxy groups -OCH3 is 1. The van der Waals surface area contributed by atoms with Crippen molar-refractivity contribution in [3.63, 3.8) is 0 Å². The van der Waals surface area contributed by atoms with Crippen LogP contribution in [0.1, 0.15) is 21.5 Å². The number of ether oxygens (including phenoxy) is 1. The molecule has 0 N–H and O–H groups in total. The van der Waals surface area contributed by atoms with Crippen molar-refractivity contribution in [2.24, 2.45) is 0 Å². The van der Waals surface area contributed by atoms with Crippen LogP contribution in [0.4, 0.5) is 13.2 Å². The van der Waals surface area contributed by atoms with Crippen molar-refractivity contribution < 1.29 is 22.7 Å². The average Bonchev–Trinajstić information content (AvgIpc) is 2.23. The second-order valence-electron chi connectivity index (χ2n) is 3.54. The molecule has 1 rings (SSSR count). The molecule has 6 heteroatoms. The lowest BCUT2D eigenvalue weighted by molar-refractivity contribution is -0.0887. The van der Waals surface area contributed by atoms with Crippen LogP contribution in [-0.2, 0) is 0 Å². The van der Waals surface area contributed by atoms with E-state index in [0.29, 0.717) is 5.56 Å². The smallest absolute Gasteiger partial charge is 0.455 e. The molecular formula is C11H10ClF3O2. The van der Waals surface area contributed by atoms with Gasteiger partial charge in [-0.15, -0.1) is 0 Å². The third kappa shape index (κ3) is 2.54. The first-order chi connectivity index (χ1) is 7.70. The minimum absolute atomic E-state index is 0.0749. The van der Waals surface area contributed by atoms with Crippen molar-refractivity contribution >= 4 is 17.4 Å². The number of hydrogen-bond donors (Lipinski definition) is 0. The van der Waals surface area contributed by atoms with E-state index in [1.165, 1.54) is 20.1 Å². The summed E-state index contributed by atoms with van der Waals surface area (Å²) in [5.41, 5.74) is 0.0983. The third-order valence-electron chi connectivity index (χ3n) is 2.35. The van der Waals surface area contributed by atoms with Gasteiger partial charge in [0.1, 0.15) is 5.75 Å². The lowest BCUT2D eigenvalue weighted by Gasteiger charge is -2.15. The third-order valence-corrected chi connectivity index (χ3v) is 2.93. The number of alkyl halides is 3. The van der Waals surface area contributed by atoms with E-state index >= 15 is 0 Å². The van der Waals surface area contributed by atoms with Gasteiger partial charge in [0.05, 0.1) is 12.7 Å². The largest absolute Gasteiger partial charge is 0.496 e. The van der Waals surface area contributed by atoms with Gasteiger partial charge in [-0.05, 0) is 31.0 Å². The number of aryl methyl sites for hydroxylation is 1. The van der Waals surface area contributed by atoms with Crippen LogP contribution in [0, 0.1) is 13.8 Å². The molecule has 0 aliphatic carbocycles. The Labute approximate surface area is 101 Å². The molecule has 0 amide bonds. The molecule has 17 heavy (non-hydrogen) atoms. The summed E-state index contributed by atoms with van der Waals surface area (Å²) in [7, 11) is 1.20. The normalized spacial score (nSPS) is 11.5. The molecule has 1 aromatic rings. The highest BCUT2D eigenvalue weighted by molar-refractivity contribution is 6.32. The van der Waals surface area contributed by atoms with Crippen molar-refractivity contribution in [1.82, 2.24) is 0 Å². The quantitative estimate of drug-likeness (QED) is 0.763. The SMILES string of the molecule is COc1cc(C)c(Cl)c(C)c1C(=O)C(F)(F)F. The van der Waals surface area contributed by atoms with Gasteiger partial charge in [-0.25, -0.2) is 0 Å².